The second-order valence-electron chi connectivity index (χ2n) is 7.91. The van der Waals surface area contributed by atoms with Crippen LogP contribution in [0.3, 0.4) is 0 Å². The smallest absolute Gasteiger partial charge is 0.256 e. The Hall–Kier alpha value is -2.21. The number of fused-ring (bicyclic) bond motifs is 1. The lowest BCUT2D eigenvalue weighted by atomic mass is 9.97. The fraction of sp³-hybridized carbons (Fsp3) is 0.545. The van der Waals surface area contributed by atoms with Crippen LogP contribution >= 0.6 is 0 Å². The van der Waals surface area contributed by atoms with Crippen molar-refractivity contribution in [3.63, 3.8) is 0 Å². The van der Waals surface area contributed by atoms with Gasteiger partial charge in [0.05, 0.1) is 5.69 Å². The molecule has 2 aliphatic rings. The van der Waals surface area contributed by atoms with Gasteiger partial charge in [0.1, 0.15) is 11.6 Å². The van der Waals surface area contributed by atoms with E-state index in [4.69, 9.17) is 4.98 Å². The molecule has 28 heavy (non-hydrogen) atoms. The number of benzene rings is 1. The molecule has 0 bridgehead atoms. The van der Waals surface area contributed by atoms with Gasteiger partial charge in [-0.15, -0.1) is 0 Å². The number of nitrogens with zero attached hydrogens (tertiary/aromatic N) is 4. The van der Waals surface area contributed by atoms with Crippen LogP contribution in [0.15, 0.2) is 29.1 Å². The summed E-state index contributed by atoms with van der Waals surface area (Å²) in [6.45, 7) is 7.57. The first-order chi connectivity index (χ1) is 13.6. The van der Waals surface area contributed by atoms with Crippen molar-refractivity contribution < 1.29 is 4.39 Å². The molecule has 1 fully saturated rings. The minimum absolute atomic E-state index is 0.184. The van der Waals surface area contributed by atoms with Crippen LogP contribution in [-0.4, -0.2) is 47.2 Å². The van der Waals surface area contributed by atoms with Gasteiger partial charge in [-0.1, -0.05) is 0 Å². The van der Waals surface area contributed by atoms with Gasteiger partial charge >= 0.3 is 0 Å². The average Bonchev–Trinajstić information content (AvgIpc) is 2.71. The number of rotatable bonds is 5. The summed E-state index contributed by atoms with van der Waals surface area (Å²) >= 11 is 0. The maximum absolute atomic E-state index is 13.1. The molecule has 0 unspecified atom stereocenters. The molecule has 2 heterocycles. The molecule has 1 saturated heterocycles. The van der Waals surface area contributed by atoms with Gasteiger partial charge in [-0.3, -0.25) is 14.3 Å². The van der Waals surface area contributed by atoms with Crippen molar-refractivity contribution in [1.82, 2.24) is 14.5 Å². The molecule has 0 amide bonds. The van der Waals surface area contributed by atoms with Gasteiger partial charge in [0.25, 0.3) is 5.56 Å². The van der Waals surface area contributed by atoms with Crippen molar-refractivity contribution in [1.29, 1.82) is 0 Å². The second kappa shape index (κ2) is 8.43. The number of halogens is 1. The summed E-state index contributed by atoms with van der Waals surface area (Å²) in [4.78, 5) is 22.3. The van der Waals surface area contributed by atoms with Crippen molar-refractivity contribution in [3.05, 3.63) is 57.5 Å². The number of piperazine rings is 1. The quantitative estimate of drug-likeness (QED) is 0.795. The summed E-state index contributed by atoms with van der Waals surface area (Å²) in [5, 5.41) is 0. The Labute approximate surface area is 165 Å². The van der Waals surface area contributed by atoms with Crippen molar-refractivity contribution in [2.24, 2.45) is 0 Å². The van der Waals surface area contributed by atoms with Gasteiger partial charge < -0.3 is 4.90 Å². The molecule has 150 valence electrons. The molecule has 4 rings (SSSR count). The van der Waals surface area contributed by atoms with Crippen molar-refractivity contribution >= 4 is 5.69 Å². The molecule has 2 aromatic rings. The summed E-state index contributed by atoms with van der Waals surface area (Å²) in [5.74, 6) is 0.663. The summed E-state index contributed by atoms with van der Waals surface area (Å²) in [5.41, 5.74) is 3.25. The van der Waals surface area contributed by atoms with Gasteiger partial charge in [0.15, 0.2) is 0 Å². The van der Waals surface area contributed by atoms with Crippen molar-refractivity contribution in [2.75, 3.05) is 37.6 Å². The largest absolute Gasteiger partial charge is 0.369 e. The molecular formula is C22H29FN4O. The van der Waals surface area contributed by atoms with Crippen LogP contribution in [0.4, 0.5) is 10.1 Å². The molecular weight excluding hydrogens is 355 g/mol. The highest BCUT2D eigenvalue weighted by Gasteiger charge is 2.19. The number of aryl methyl sites for hydroxylation is 2. The van der Waals surface area contributed by atoms with Crippen LogP contribution in [0.1, 0.15) is 36.3 Å². The van der Waals surface area contributed by atoms with Crippen LogP contribution in [-0.2, 0) is 19.4 Å². The first-order valence-corrected chi connectivity index (χ1v) is 10.4. The second-order valence-corrected chi connectivity index (χ2v) is 7.91. The zero-order valence-corrected chi connectivity index (χ0v) is 16.7. The van der Waals surface area contributed by atoms with Gasteiger partial charge in [-0.2, -0.15) is 0 Å². The number of hydrogen-bond acceptors (Lipinski definition) is 4. The van der Waals surface area contributed by atoms with E-state index in [-0.39, 0.29) is 11.4 Å². The first kappa shape index (κ1) is 19.1. The first-order valence-electron chi connectivity index (χ1n) is 10.4. The lowest BCUT2D eigenvalue weighted by Gasteiger charge is -2.36. The van der Waals surface area contributed by atoms with E-state index in [0.29, 0.717) is 0 Å². The highest BCUT2D eigenvalue weighted by Crippen LogP contribution is 2.18. The van der Waals surface area contributed by atoms with Crippen LogP contribution < -0.4 is 10.5 Å². The third-order valence-electron chi connectivity index (χ3n) is 6.05. The van der Waals surface area contributed by atoms with E-state index in [1.807, 2.05) is 23.6 Å². The Morgan fingerprint density at radius 2 is 1.71 bits per heavy atom. The molecule has 6 heteroatoms. The maximum atomic E-state index is 13.1. The summed E-state index contributed by atoms with van der Waals surface area (Å²) in [6.07, 6.45) is 5.03. The molecule has 1 aliphatic heterocycles. The lowest BCUT2D eigenvalue weighted by Crippen LogP contribution is -2.46. The monoisotopic (exact) mass is 384 g/mol. The summed E-state index contributed by atoms with van der Waals surface area (Å²) in [7, 11) is 0. The molecule has 1 aromatic heterocycles. The third kappa shape index (κ3) is 4.12. The zero-order valence-electron chi connectivity index (χ0n) is 16.7. The number of anilines is 1. The van der Waals surface area contributed by atoms with E-state index in [2.05, 4.69) is 9.80 Å². The normalized spacial score (nSPS) is 17.6. The van der Waals surface area contributed by atoms with Gasteiger partial charge in [-0.25, -0.2) is 9.37 Å². The Bertz CT molecular complexity index is 869. The van der Waals surface area contributed by atoms with Gasteiger partial charge in [0, 0.05) is 44.0 Å². The fourth-order valence-electron chi connectivity index (χ4n) is 4.41. The van der Waals surface area contributed by atoms with Crippen LogP contribution in [0, 0.1) is 12.7 Å². The van der Waals surface area contributed by atoms with Crippen molar-refractivity contribution in [3.8, 4) is 0 Å². The summed E-state index contributed by atoms with van der Waals surface area (Å²) < 4.78 is 15.0. The Morgan fingerprint density at radius 1 is 1.00 bits per heavy atom. The third-order valence-corrected chi connectivity index (χ3v) is 6.05. The number of aromatic nitrogens is 2. The van der Waals surface area contributed by atoms with E-state index < -0.39 is 0 Å². The number of hydrogen-bond donors (Lipinski definition) is 0. The van der Waals surface area contributed by atoms with Crippen LogP contribution in [0.25, 0.3) is 0 Å². The SMILES string of the molecule is Cc1nc2c(c(=O)n1CCCN1CCN(c3ccc(F)cc3)CC1)CCCC2. The zero-order chi connectivity index (χ0) is 19.5. The average molecular weight is 384 g/mol. The van der Waals surface area contributed by atoms with E-state index in [1.54, 1.807) is 0 Å². The molecule has 1 aliphatic carbocycles. The molecule has 0 atom stereocenters. The standard InChI is InChI=1S/C22H29FN4O/c1-17-24-21-6-3-2-5-20(21)22(28)27(17)12-4-11-25-13-15-26(16-14-25)19-9-7-18(23)8-10-19/h7-10H,2-6,11-16H2,1H3. The topological polar surface area (TPSA) is 41.4 Å². The van der Waals surface area contributed by atoms with Crippen molar-refractivity contribution in [2.45, 2.75) is 45.6 Å². The minimum Gasteiger partial charge on any atom is -0.369 e. The van der Waals surface area contributed by atoms with Crippen LogP contribution in [0.5, 0.6) is 0 Å². The summed E-state index contributed by atoms with van der Waals surface area (Å²) in [6, 6.07) is 6.75. The Kier molecular flexibility index (Phi) is 5.76. The van der Waals surface area contributed by atoms with E-state index in [1.165, 1.54) is 12.1 Å². The maximum Gasteiger partial charge on any atom is 0.256 e. The molecule has 0 radical (unpaired) electrons. The molecule has 0 spiro atoms. The fourth-order valence-corrected chi connectivity index (χ4v) is 4.41. The van der Waals surface area contributed by atoms with E-state index >= 15 is 0 Å². The van der Waals surface area contributed by atoms with E-state index in [0.717, 1.165) is 94.1 Å². The highest BCUT2D eigenvalue weighted by molar-refractivity contribution is 5.46. The molecule has 1 aromatic carbocycles. The Morgan fingerprint density at radius 3 is 2.46 bits per heavy atom. The van der Waals surface area contributed by atoms with Gasteiger partial charge in [-0.05, 0) is 69.8 Å². The minimum atomic E-state index is -0.190. The predicted molar refractivity (Wildman–Crippen MR) is 110 cm³/mol. The highest BCUT2D eigenvalue weighted by atomic mass is 19.1. The van der Waals surface area contributed by atoms with Gasteiger partial charge in [0.2, 0.25) is 0 Å². The molecule has 5 nitrogen and oxygen atoms in total. The van der Waals surface area contributed by atoms with Crippen LogP contribution in [0.2, 0.25) is 0 Å². The molecule has 0 saturated carbocycles. The Balaban J connectivity index is 1.29. The molecule has 0 N–H and O–H groups in total. The van der Waals surface area contributed by atoms with E-state index in [9.17, 15) is 9.18 Å². The predicted octanol–water partition coefficient (Wildman–Crippen LogP) is 2.78. The lowest BCUT2D eigenvalue weighted by molar-refractivity contribution is 0.249.